The van der Waals surface area contributed by atoms with E-state index in [0.29, 0.717) is 23.4 Å². The molecule has 0 aliphatic rings. The van der Waals surface area contributed by atoms with E-state index >= 15 is 0 Å². The molecule has 0 aromatic heterocycles. The number of nitro benzene ring substituents is 1. The lowest BCUT2D eigenvalue weighted by Gasteiger charge is -2.07. The summed E-state index contributed by atoms with van der Waals surface area (Å²) in [6.45, 7) is 2.38. The molecule has 146 valence electrons. The van der Waals surface area contributed by atoms with Crippen molar-refractivity contribution in [2.75, 3.05) is 5.32 Å². The van der Waals surface area contributed by atoms with E-state index in [1.54, 1.807) is 31.2 Å². The molecule has 0 heterocycles. The number of hydrazone groups is 1. The number of benzene rings is 3. The fraction of sp³-hybridized carbons (Fsp3) is 0.0909. The molecule has 1 amide bonds. The summed E-state index contributed by atoms with van der Waals surface area (Å²) >= 11 is 0. The highest BCUT2D eigenvalue weighted by atomic mass is 16.6. The van der Waals surface area contributed by atoms with Gasteiger partial charge >= 0.3 is 0 Å². The number of nitro groups is 1. The van der Waals surface area contributed by atoms with Gasteiger partial charge in [0.1, 0.15) is 0 Å². The number of non-ortho nitro benzene ring substituents is 1. The number of rotatable bonds is 7. The first kappa shape index (κ1) is 19.8. The Hall–Kier alpha value is -4.00. The normalized spacial score (nSPS) is 11.0. The molecule has 3 rings (SSSR count). The maximum atomic E-state index is 12.3. The van der Waals surface area contributed by atoms with Gasteiger partial charge in [-0.1, -0.05) is 30.3 Å². The summed E-state index contributed by atoms with van der Waals surface area (Å²) in [4.78, 5) is 22.5. The van der Waals surface area contributed by atoms with E-state index < -0.39 is 4.92 Å². The lowest BCUT2D eigenvalue weighted by molar-refractivity contribution is -0.384. The Morgan fingerprint density at radius 2 is 1.55 bits per heavy atom. The summed E-state index contributed by atoms with van der Waals surface area (Å²) in [5.41, 5.74) is 6.34. The van der Waals surface area contributed by atoms with Crippen molar-refractivity contribution in [1.82, 2.24) is 5.43 Å². The van der Waals surface area contributed by atoms with Gasteiger partial charge in [-0.25, -0.2) is 5.43 Å². The van der Waals surface area contributed by atoms with Gasteiger partial charge in [0.2, 0.25) is 0 Å². The van der Waals surface area contributed by atoms with Gasteiger partial charge in [-0.05, 0) is 54.4 Å². The predicted octanol–water partition coefficient (Wildman–Crippen LogP) is 4.36. The van der Waals surface area contributed by atoms with Crippen molar-refractivity contribution in [2.45, 2.75) is 13.5 Å². The smallest absolute Gasteiger partial charge is 0.271 e. The van der Waals surface area contributed by atoms with Gasteiger partial charge in [-0.2, -0.15) is 5.10 Å². The van der Waals surface area contributed by atoms with Crippen LogP contribution in [0.3, 0.4) is 0 Å². The average Bonchev–Trinajstić information content (AvgIpc) is 2.77. The molecule has 7 nitrogen and oxygen atoms in total. The number of anilines is 1. The zero-order chi connectivity index (χ0) is 20.6. The van der Waals surface area contributed by atoms with Crippen LogP contribution in [0.25, 0.3) is 0 Å². The maximum Gasteiger partial charge on any atom is 0.271 e. The molecule has 0 atom stereocenters. The number of hydrogen-bond acceptors (Lipinski definition) is 5. The van der Waals surface area contributed by atoms with Crippen LogP contribution < -0.4 is 10.7 Å². The number of para-hydroxylation sites is 1. The molecule has 2 N–H and O–H groups in total. The Kier molecular flexibility index (Phi) is 6.32. The predicted molar refractivity (Wildman–Crippen MR) is 113 cm³/mol. The second-order valence-corrected chi connectivity index (χ2v) is 6.36. The van der Waals surface area contributed by atoms with Crippen molar-refractivity contribution >= 4 is 23.0 Å². The minimum atomic E-state index is -0.461. The second kappa shape index (κ2) is 9.27. The van der Waals surface area contributed by atoms with Crippen LogP contribution in [0.4, 0.5) is 11.4 Å². The Labute approximate surface area is 168 Å². The van der Waals surface area contributed by atoms with Crippen molar-refractivity contribution < 1.29 is 9.72 Å². The summed E-state index contributed by atoms with van der Waals surface area (Å²) in [5, 5.41) is 18.1. The number of nitrogens with one attached hydrogen (secondary N) is 2. The lowest BCUT2D eigenvalue weighted by Crippen LogP contribution is -2.19. The van der Waals surface area contributed by atoms with E-state index in [1.165, 1.54) is 12.1 Å². The molecule has 0 saturated carbocycles. The van der Waals surface area contributed by atoms with Gasteiger partial charge in [0.15, 0.2) is 0 Å². The highest BCUT2D eigenvalue weighted by molar-refractivity contribution is 6.01. The molecule has 0 bridgehead atoms. The highest BCUT2D eigenvalue weighted by Crippen LogP contribution is 2.13. The summed E-state index contributed by atoms with van der Waals surface area (Å²) in [7, 11) is 0. The molecule has 29 heavy (non-hydrogen) atoms. The number of hydrogen-bond donors (Lipinski definition) is 2. The van der Waals surface area contributed by atoms with Crippen LogP contribution in [0.1, 0.15) is 28.4 Å². The van der Waals surface area contributed by atoms with E-state index in [2.05, 4.69) is 15.8 Å². The minimum absolute atomic E-state index is 0.00688. The van der Waals surface area contributed by atoms with Crippen LogP contribution in [0, 0.1) is 10.1 Å². The van der Waals surface area contributed by atoms with Crippen LogP contribution in [0.15, 0.2) is 84.0 Å². The number of amides is 1. The van der Waals surface area contributed by atoms with Crippen LogP contribution in [0.5, 0.6) is 0 Å². The third-order valence-electron chi connectivity index (χ3n) is 4.31. The number of carbonyl (C=O) groups excluding carboxylic acids is 1. The zero-order valence-corrected chi connectivity index (χ0v) is 15.8. The molecule has 0 spiro atoms. The van der Waals surface area contributed by atoms with Crippen molar-refractivity contribution in [2.24, 2.45) is 5.10 Å². The average molecular weight is 388 g/mol. The quantitative estimate of drug-likeness (QED) is 0.357. The molecule has 7 heteroatoms. The van der Waals surface area contributed by atoms with E-state index in [0.717, 1.165) is 11.3 Å². The van der Waals surface area contributed by atoms with Crippen LogP contribution in [-0.4, -0.2) is 16.5 Å². The standard InChI is InChI=1S/C22H20N4O3/c1-16(18-11-13-21(14-12-18)26(28)29)24-25-22(27)19-9-7-17(8-10-19)15-23-20-5-3-2-4-6-20/h2-14,23H,15H2,1H3,(H,25,27)/b24-16-. The van der Waals surface area contributed by atoms with Gasteiger partial charge < -0.3 is 5.32 Å². The third kappa shape index (κ3) is 5.49. The Bertz CT molecular complexity index is 1010. The third-order valence-corrected chi connectivity index (χ3v) is 4.31. The summed E-state index contributed by atoms with van der Waals surface area (Å²) in [5.74, 6) is -0.325. The summed E-state index contributed by atoms with van der Waals surface area (Å²) in [6, 6.07) is 23.1. The SMILES string of the molecule is C/C(=N/NC(=O)c1ccc(CNc2ccccc2)cc1)c1ccc([N+](=O)[O-])cc1. The fourth-order valence-corrected chi connectivity index (χ4v) is 2.62. The minimum Gasteiger partial charge on any atom is -0.381 e. The topological polar surface area (TPSA) is 96.6 Å². The molecule has 3 aromatic rings. The van der Waals surface area contributed by atoms with Gasteiger partial charge in [0, 0.05) is 29.9 Å². The van der Waals surface area contributed by atoms with Crippen molar-refractivity contribution in [1.29, 1.82) is 0 Å². The summed E-state index contributed by atoms with van der Waals surface area (Å²) < 4.78 is 0. The van der Waals surface area contributed by atoms with E-state index in [9.17, 15) is 14.9 Å². The maximum absolute atomic E-state index is 12.3. The second-order valence-electron chi connectivity index (χ2n) is 6.36. The first-order valence-electron chi connectivity index (χ1n) is 9.00. The molecule has 0 radical (unpaired) electrons. The van der Waals surface area contributed by atoms with Gasteiger partial charge in [-0.15, -0.1) is 0 Å². The lowest BCUT2D eigenvalue weighted by atomic mass is 10.1. The van der Waals surface area contributed by atoms with Gasteiger partial charge in [-0.3, -0.25) is 14.9 Å². The van der Waals surface area contributed by atoms with E-state index in [1.807, 2.05) is 42.5 Å². The van der Waals surface area contributed by atoms with Crippen molar-refractivity contribution in [3.63, 3.8) is 0 Å². The summed E-state index contributed by atoms with van der Waals surface area (Å²) in [6.07, 6.45) is 0. The molecule has 0 saturated heterocycles. The van der Waals surface area contributed by atoms with E-state index in [4.69, 9.17) is 0 Å². The highest BCUT2D eigenvalue weighted by Gasteiger charge is 2.07. The molecule has 0 unspecified atom stereocenters. The monoisotopic (exact) mass is 388 g/mol. The van der Waals surface area contributed by atoms with Crippen molar-refractivity contribution in [3.8, 4) is 0 Å². The molecule has 0 aliphatic carbocycles. The molecule has 3 aromatic carbocycles. The first-order valence-corrected chi connectivity index (χ1v) is 9.00. The zero-order valence-electron chi connectivity index (χ0n) is 15.8. The number of carbonyl (C=O) groups is 1. The molecule has 0 fully saturated rings. The fourth-order valence-electron chi connectivity index (χ4n) is 2.62. The largest absolute Gasteiger partial charge is 0.381 e. The molecular weight excluding hydrogens is 368 g/mol. The Morgan fingerprint density at radius 3 is 2.17 bits per heavy atom. The Morgan fingerprint density at radius 1 is 0.931 bits per heavy atom. The Balaban J connectivity index is 1.57. The molecular formula is C22H20N4O3. The molecule has 0 aliphatic heterocycles. The first-order chi connectivity index (χ1) is 14.0. The number of nitrogens with zero attached hydrogens (tertiary/aromatic N) is 2. The van der Waals surface area contributed by atoms with Crippen LogP contribution >= 0.6 is 0 Å². The van der Waals surface area contributed by atoms with E-state index in [-0.39, 0.29) is 11.6 Å². The van der Waals surface area contributed by atoms with Gasteiger partial charge in [0.05, 0.1) is 10.6 Å². The van der Waals surface area contributed by atoms with Crippen LogP contribution in [0.2, 0.25) is 0 Å². The van der Waals surface area contributed by atoms with Crippen LogP contribution in [-0.2, 0) is 6.54 Å². The van der Waals surface area contributed by atoms with Gasteiger partial charge in [0.25, 0.3) is 11.6 Å². The van der Waals surface area contributed by atoms with Crippen molar-refractivity contribution in [3.05, 3.63) is 106 Å².